The first-order valence-electron chi connectivity index (χ1n) is 7.47. The fourth-order valence-electron chi connectivity index (χ4n) is 3.34. The molecule has 1 aliphatic heterocycles. The maximum absolute atomic E-state index is 9.79. The van der Waals surface area contributed by atoms with Gasteiger partial charge in [-0.2, -0.15) is 0 Å². The van der Waals surface area contributed by atoms with Crippen molar-refractivity contribution in [3.63, 3.8) is 0 Å². The van der Waals surface area contributed by atoms with Gasteiger partial charge < -0.3 is 20.1 Å². The number of ether oxygens (including phenoxy) is 1. The number of phenolic OH excluding ortho intramolecular Hbond substituents is 1. The number of aromatic nitrogens is 1. The molecule has 1 unspecified atom stereocenters. The van der Waals surface area contributed by atoms with Crippen molar-refractivity contribution >= 4 is 10.9 Å². The van der Waals surface area contributed by atoms with E-state index in [4.69, 9.17) is 4.74 Å². The van der Waals surface area contributed by atoms with Crippen LogP contribution in [0.25, 0.3) is 10.9 Å². The van der Waals surface area contributed by atoms with Crippen molar-refractivity contribution in [2.24, 2.45) is 0 Å². The summed E-state index contributed by atoms with van der Waals surface area (Å²) in [6, 6.07) is 14.0. The summed E-state index contributed by atoms with van der Waals surface area (Å²) in [5.41, 5.74) is 4.85. The number of aromatic hydroxyl groups is 1. The van der Waals surface area contributed by atoms with E-state index >= 15 is 0 Å². The van der Waals surface area contributed by atoms with Gasteiger partial charge in [0.1, 0.15) is 0 Å². The van der Waals surface area contributed by atoms with E-state index in [0.717, 1.165) is 18.5 Å². The quantitative estimate of drug-likeness (QED) is 0.680. The molecule has 0 saturated heterocycles. The summed E-state index contributed by atoms with van der Waals surface area (Å²) in [5.74, 6) is 0.668. The minimum absolute atomic E-state index is 0.0886. The van der Waals surface area contributed by atoms with Gasteiger partial charge in [-0.15, -0.1) is 0 Å². The molecule has 0 aliphatic carbocycles. The molecule has 4 nitrogen and oxygen atoms in total. The van der Waals surface area contributed by atoms with Crippen LogP contribution in [0.3, 0.4) is 0 Å². The average molecular weight is 294 g/mol. The van der Waals surface area contributed by atoms with Gasteiger partial charge in [0.05, 0.1) is 13.2 Å². The van der Waals surface area contributed by atoms with Crippen LogP contribution >= 0.6 is 0 Å². The zero-order chi connectivity index (χ0) is 15.1. The molecule has 4 heteroatoms. The van der Waals surface area contributed by atoms with Gasteiger partial charge in [-0.25, -0.2) is 0 Å². The summed E-state index contributed by atoms with van der Waals surface area (Å²) in [7, 11) is 1.57. The number of H-pyrrole nitrogens is 1. The second-order valence-electron chi connectivity index (χ2n) is 5.63. The summed E-state index contributed by atoms with van der Waals surface area (Å²) < 4.78 is 5.24. The van der Waals surface area contributed by atoms with Crippen molar-refractivity contribution in [3.8, 4) is 11.5 Å². The average Bonchev–Trinajstić information content (AvgIpc) is 2.94. The molecule has 1 aliphatic rings. The molecule has 0 spiro atoms. The van der Waals surface area contributed by atoms with E-state index in [2.05, 4.69) is 34.6 Å². The third kappa shape index (κ3) is 1.96. The van der Waals surface area contributed by atoms with Gasteiger partial charge in [0.2, 0.25) is 0 Å². The largest absolute Gasteiger partial charge is 0.504 e. The second-order valence-corrected chi connectivity index (χ2v) is 5.63. The van der Waals surface area contributed by atoms with Crippen LogP contribution in [0.5, 0.6) is 11.5 Å². The van der Waals surface area contributed by atoms with Crippen molar-refractivity contribution in [2.45, 2.75) is 12.5 Å². The van der Waals surface area contributed by atoms with Gasteiger partial charge in [-0.1, -0.05) is 24.3 Å². The Labute approximate surface area is 128 Å². The lowest BCUT2D eigenvalue weighted by atomic mass is 9.94. The van der Waals surface area contributed by atoms with Gasteiger partial charge in [0.25, 0.3) is 0 Å². The molecule has 1 aromatic heterocycles. The smallest absolute Gasteiger partial charge is 0.160 e. The summed E-state index contributed by atoms with van der Waals surface area (Å²) in [4.78, 5) is 3.55. The van der Waals surface area contributed by atoms with Gasteiger partial charge in [-0.05, 0) is 35.7 Å². The summed E-state index contributed by atoms with van der Waals surface area (Å²) >= 11 is 0. The first kappa shape index (κ1) is 13.2. The third-order valence-electron chi connectivity index (χ3n) is 4.40. The van der Waals surface area contributed by atoms with E-state index in [1.54, 1.807) is 13.2 Å². The van der Waals surface area contributed by atoms with Crippen LogP contribution in [0.15, 0.2) is 42.5 Å². The third-order valence-corrected chi connectivity index (χ3v) is 4.40. The lowest BCUT2D eigenvalue weighted by Gasteiger charge is -2.25. The minimum atomic E-state index is 0.0886. The Morgan fingerprint density at radius 1 is 1.18 bits per heavy atom. The Morgan fingerprint density at radius 3 is 2.91 bits per heavy atom. The fourth-order valence-corrected chi connectivity index (χ4v) is 3.34. The van der Waals surface area contributed by atoms with E-state index in [0.29, 0.717) is 5.75 Å². The van der Waals surface area contributed by atoms with E-state index < -0.39 is 0 Å². The number of phenols is 1. The molecule has 3 aromatic rings. The van der Waals surface area contributed by atoms with E-state index in [9.17, 15) is 5.11 Å². The summed E-state index contributed by atoms with van der Waals surface area (Å²) in [5, 5.41) is 14.6. The Hall–Kier alpha value is -2.46. The molecule has 3 N–H and O–H groups in total. The van der Waals surface area contributed by atoms with Crippen molar-refractivity contribution < 1.29 is 9.84 Å². The van der Waals surface area contributed by atoms with E-state index in [1.165, 1.54) is 22.2 Å². The molecular formula is C18H18N2O2. The molecule has 1 atom stereocenters. The topological polar surface area (TPSA) is 57.3 Å². The molecule has 4 rings (SSSR count). The van der Waals surface area contributed by atoms with Gasteiger partial charge in [-0.3, -0.25) is 0 Å². The normalized spacial score (nSPS) is 17.4. The molecule has 0 amide bonds. The van der Waals surface area contributed by atoms with Gasteiger partial charge in [0, 0.05) is 23.1 Å². The molecule has 0 radical (unpaired) electrons. The van der Waals surface area contributed by atoms with Crippen molar-refractivity contribution in [2.75, 3.05) is 13.7 Å². The molecule has 112 valence electrons. The van der Waals surface area contributed by atoms with E-state index in [-0.39, 0.29) is 11.8 Å². The first-order valence-corrected chi connectivity index (χ1v) is 7.47. The maximum atomic E-state index is 9.79. The molecular weight excluding hydrogens is 276 g/mol. The number of para-hydroxylation sites is 1. The Morgan fingerprint density at radius 2 is 2.05 bits per heavy atom. The molecule has 2 heterocycles. The van der Waals surface area contributed by atoms with Crippen LogP contribution in [-0.2, 0) is 6.42 Å². The van der Waals surface area contributed by atoms with Gasteiger partial charge in [0.15, 0.2) is 11.5 Å². The minimum Gasteiger partial charge on any atom is -0.504 e. The molecule has 0 bridgehead atoms. The van der Waals surface area contributed by atoms with Crippen LogP contribution in [-0.4, -0.2) is 23.7 Å². The number of hydrogen-bond donors (Lipinski definition) is 3. The van der Waals surface area contributed by atoms with Crippen LogP contribution in [0.2, 0.25) is 0 Å². The monoisotopic (exact) mass is 294 g/mol. The Kier molecular flexibility index (Phi) is 3.05. The highest BCUT2D eigenvalue weighted by atomic mass is 16.5. The number of methoxy groups -OCH3 is 1. The number of fused-ring (bicyclic) bond motifs is 3. The summed E-state index contributed by atoms with van der Waals surface area (Å²) in [6.07, 6.45) is 1.02. The SMILES string of the molecule is COc1cc(C2NCCc3c2[nH]c2ccccc32)ccc1O. The number of rotatable bonds is 2. The predicted octanol–water partition coefficient (Wildman–Crippen LogP) is 3.12. The van der Waals surface area contributed by atoms with Crippen molar-refractivity contribution in [3.05, 3.63) is 59.3 Å². The molecule has 0 fully saturated rings. The highest BCUT2D eigenvalue weighted by molar-refractivity contribution is 5.85. The van der Waals surface area contributed by atoms with Crippen LogP contribution in [0, 0.1) is 0 Å². The Bertz CT molecular complexity index is 838. The molecule has 0 saturated carbocycles. The Balaban J connectivity index is 1.85. The number of benzene rings is 2. The number of hydrogen-bond acceptors (Lipinski definition) is 3. The fraction of sp³-hybridized carbons (Fsp3) is 0.222. The van der Waals surface area contributed by atoms with Crippen molar-refractivity contribution in [1.82, 2.24) is 10.3 Å². The highest BCUT2D eigenvalue weighted by Crippen LogP contribution is 2.36. The standard InChI is InChI=1S/C18H18N2O2/c1-22-16-10-11(6-7-15(16)21)17-18-13(8-9-19-17)12-4-2-3-5-14(12)20-18/h2-7,10,17,19-21H,8-9H2,1H3. The molecule has 2 aromatic carbocycles. The van der Waals surface area contributed by atoms with Crippen LogP contribution in [0.1, 0.15) is 22.9 Å². The molecule has 22 heavy (non-hydrogen) atoms. The summed E-state index contributed by atoms with van der Waals surface area (Å²) in [6.45, 7) is 0.933. The van der Waals surface area contributed by atoms with Crippen LogP contribution < -0.4 is 10.1 Å². The zero-order valence-corrected chi connectivity index (χ0v) is 12.4. The lowest BCUT2D eigenvalue weighted by Crippen LogP contribution is -2.30. The van der Waals surface area contributed by atoms with Crippen LogP contribution in [0.4, 0.5) is 0 Å². The second kappa shape index (κ2) is 5.07. The lowest BCUT2D eigenvalue weighted by molar-refractivity contribution is 0.372. The maximum Gasteiger partial charge on any atom is 0.160 e. The predicted molar refractivity (Wildman–Crippen MR) is 86.5 cm³/mol. The van der Waals surface area contributed by atoms with Crippen molar-refractivity contribution in [1.29, 1.82) is 0 Å². The zero-order valence-electron chi connectivity index (χ0n) is 12.4. The van der Waals surface area contributed by atoms with Gasteiger partial charge >= 0.3 is 0 Å². The first-order chi connectivity index (χ1) is 10.8. The highest BCUT2D eigenvalue weighted by Gasteiger charge is 2.25. The number of aromatic amines is 1. The van der Waals surface area contributed by atoms with E-state index in [1.807, 2.05) is 12.1 Å². The number of nitrogens with one attached hydrogen (secondary N) is 2.